The smallest absolute Gasteiger partial charge is 0.395 e. The van der Waals surface area contributed by atoms with E-state index >= 15 is 0 Å². The number of aryl methyl sites for hydroxylation is 1. The lowest BCUT2D eigenvalue weighted by Crippen LogP contribution is -2.48. The maximum atomic E-state index is 12.4. The van der Waals surface area contributed by atoms with Gasteiger partial charge in [0.15, 0.2) is 0 Å². The van der Waals surface area contributed by atoms with Gasteiger partial charge in [0.1, 0.15) is 6.54 Å². The molecule has 1 aromatic carbocycles. The molecule has 1 aromatic rings. The summed E-state index contributed by atoms with van der Waals surface area (Å²) >= 11 is 0. The Morgan fingerprint density at radius 2 is 1.90 bits per heavy atom. The molecule has 0 unspecified atom stereocenters. The Balaban J connectivity index is 2.57. The summed E-state index contributed by atoms with van der Waals surface area (Å²) in [5.41, 5.74) is 6.64. The molecular weight excluding hydrogens is 285 g/mol. The molecule has 1 amide bonds. The largest absolute Gasteiger partial charge is 0.406 e. The fourth-order valence-corrected chi connectivity index (χ4v) is 1.93. The average Bonchev–Trinajstić information content (AvgIpc) is 2.43. The Kier molecular flexibility index (Phi) is 6.64. The molecular formula is C14H19F3N2O2. The zero-order valence-electron chi connectivity index (χ0n) is 11.5. The maximum Gasteiger partial charge on any atom is 0.406 e. The normalized spacial score (nSPS) is 13.0. The highest BCUT2D eigenvalue weighted by molar-refractivity contribution is 5.81. The van der Waals surface area contributed by atoms with Crippen LogP contribution in [0.2, 0.25) is 0 Å². The number of carbonyl (C=O) groups excluding carboxylic acids is 1. The summed E-state index contributed by atoms with van der Waals surface area (Å²) in [6, 6.07) is 8.23. The van der Waals surface area contributed by atoms with E-state index < -0.39 is 31.3 Å². The average molecular weight is 304 g/mol. The van der Waals surface area contributed by atoms with Crippen molar-refractivity contribution in [2.24, 2.45) is 5.73 Å². The molecule has 0 aliphatic rings. The van der Waals surface area contributed by atoms with E-state index in [4.69, 9.17) is 10.8 Å². The third-order valence-corrected chi connectivity index (χ3v) is 2.96. The van der Waals surface area contributed by atoms with Gasteiger partial charge in [-0.3, -0.25) is 4.79 Å². The number of hydrogen-bond donors (Lipinski definition) is 2. The van der Waals surface area contributed by atoms with Crippen LogP contribution in [0.4, 0.5) is 13.2 Å². The molecule has 0 aliphatic carbocycles. The van der Waals surface area contributed by atoms with Crippen molar-refractivity contribution < 1.29 is 23.1 Å². The molecule has 0 aliphatic heterocycles. The van der Waals surface area contributed by atoms with E-state index in [2.05, 4.69) is 0 Å². The SMILES string of the molecule is N[C@@H](CCc1ccccc1)C(=O)N(CCO)CC(F)(F)F. The third kappa shape index (κ3) is 6.59. The molecule has 118 valence electrons. The minimum Gasteiger partial charge on any atom is -0.395 e. The number of hydrogen-bond acceptors (Lipinski definition) is 3. The summed E-state index contributed by atoms with van der Waals surface area (Å²) in [7, 11) is 0. The molecule has 21 heavy (non-hydrogen) atoms. The monoisotopic (exact) mass is 304 g/mol. The van der Waals surface area contributed by atoms with Gasteiger partial charge in [-0.2, -0.15) is 13.2 Å². The Bertz CT molecular complexity index is 438. The van der Waals surface area contributed by atoms with Gasteiger partial charge in [-0.25, -0.2) is 0 Å². The maximum absolute atomic E-state index is 12.4. The highest BCUT2D eigenvalue weighted by atomic mass is 19.4. The highest BCUT2D eigenvalue weighted by Crippen LogP contribution is 2.17. The Morgan fingerprint density at radius 1 is 1.29 bits per heavy atom. The number of carbonyl (C=O) groups is 1. The van der Waals surface area contributed by atoms with Crippen molar-refractivity contribution in [1.29, 1.82) is 0 Å². The number of benzene rings is 1. The molecule has 1 atom stereocenters. The molecule has 0 bridgehead atoms. The van der Waals surface area contributed by atoms with Crippen molar-refractivity contribution >= 4 is 5.91 Å². The quantitative estimate of drug-likeness (QED) is 0.798. The molecule has 0 radical (unpaired) electrons. The summed E-state index contributed by atoms with van der Waals surface area (Å²) in [6.07, 6.45) is -3.75. The first-order valence-electron chi connectivity index (χ1n) is 6.59. The minimum atomic E-state index is -4.51. The Labute approximate surface area is 121 Å². The Hall–Kier alpha value is -1.60. The first kappa shape index (κ1) is 17.5. The van der Waals surface area contributed by atoms with Crippen molar-refractivity contribution in [2.75, 3.05) is 19.7 Å². The van der Waals surface area contributed by atoms with Crippen LogP contribution >= 0.6 is 0 Å². The molecule has 7 heteroatoms. The van der Waals surface area contributed by atoms with Gasteiger partial charge in [-0.15, -0.1) is 0 Å². The van der Waals surface area contributed by atoms with Crippen molar-refractivity contribution in [3.8, 4) is 0 Å². The second-order valence-electron chi connectivity index (χ2n) is 4.73. The molecule has 0 heterocycles. The highest BCUT2D eigenvalue weighted by Gasteiger charge is 2.34. The number of halogens is 3. The van der Waals surface area contributed by atoms with Crippen molar-refractivity contribution in [3.05, 3.63) is 35.9 Å². The van der Waals surface area contributed by atoms with Gasteiger partial charge >= 0.3 is 6.18 Å². The number of aliphatic hydroxyl groups is 1. The summed E-state index contributed by atoms with van der Waals surface area (Å²) in [6.45, 7) is -2.31. The third-order valence-electron chi connectivity index (χ3n) is 2.96. The minimum absolute atomic E-state index is 0.253. The van der Waals surface area contributed by atoms with Gasteiger partial charge < -0.3 is 15.7 Å². The van der Waals surface area contributed by atoms with Gasteiger partial charge in [0.25, 0.3) is 0 Å². The van der Waals surface area contributed by atoms with Gasteiger partial charge in [-0.05, 0) is 18.4 Å². The standard InChI is InChI=1S/C14H19F3N2O2/c15-14(16,17)10-19(8-9-20)13(21)12(18)7-6-11-4-2-1-3-5-11/h1-5,12,20H,6-10,18H2/t12-/m0/s1. The predicted molar refractivity (Wildman–Crippen MR) is 72.5 cm³/mol. The molecule has 0 saturated carbocycles. The molecule has 3 N–H and O–H groups in total. The van der Waals surface area contributed by atoms with E-state index in [1.54, 1.807) is 0 Å². The number of nitrogens with two attached hydrogens (primary N) is 1. The van der Waals surface area contributed by atoms with Crippen molar-refractivity contribution in [3.63, 3.8) is 0 Å². The van der Waals surface area contributed by atoms with Crippen LogP contribution in [0.1, 0.15) is 12.0 Å². The number of aliphatic hydroxyl groups excluding tert-OH is 1. The fourth-order valence-electron chi connectivity index (χ4n) is 1.93. The molecule has 0 saturated heterocycles. The van der Waals surface area contributed by atoms with E-state index in [9.17, 15) is 18.0 Å². The Morgan fingerprint density at radius 3 is 2.43 bits per heavy atom. The van der Waals surface area contributed by atoms with Crippen LogP contribution in [-0.2, 0) is 11.2 Å². The van der Waals surface area contributed by atoms with Gasteiger partial charge in [0.2, 0.25) is 5.91 Å². The lowest BCUT2D eigenvalue weighted by molar-refractivity contribution is -0.162. The lowest BCUT2D eigenvalue weighted by Gasteiger charge is -2.26. The van der Waals surface area contributed by atoms with Crippen LogP contribution in [0.15, 0.2) is 30.3 Å². The van der Waals surface area contributed by atoms with Crippen LogP contribution in [0.5, 0.6) is 0 Å². The molecule has 0 fully saturated rings. The van der Waals surface area contributed by atoms with E-state index in [0.29, 0.717) is 11.3 Å². The zero-order chi connectivity index (χ0) is 15.9. The van der Waals surface area contributed by atoms with E-state index in [-0.39, 0.29) is 13.0 Å². The summed E-state index contributed by atoms with van der Waals surface area (Å²) in [5, 5.41) is 8.77. The number of rotatable bonds is 7. The van der Waals surface area contributed by atoms with Crippen LogP contribution < -0.4 is 5.73 Å². The van der Waals surface area contributed by atoms with Gasteiger partial charge in [0.05, 0.1) is 12.6 Å². The van der Waals surface area contributed by atoms with Crippen LogP contribution in [-0.4, -0.2) is 47.8 Å². The summed E-state index contributed by atoms with van der Waals surface area (Å²) in [4.78, 5) is 12.5. The van der Waals surface area contributed by atoms with Crippen LogP contribution in [0.25, 0.3) is 0 Å². The number of amides is 1. The van der Waals surface area contributed by atoms with Crippen molar-refractivity contribution in [2.45, 2.75) is 25.1 Å². The molecule has 1 rings (SSSR count). The second kappa shape index (κ2) is 7.99. The van der Waals surface area contributed by atoms with E-state index in [1.165, 1.54) is 0 Å². The molecule has 0 aromatic heterocycles. The molecule has 4 nitrogen and oxygen atoms in total. The van der Waals surface area contributed by atoms with Crippen LogP contribution in [0.3, 0.4) is 0 Å². The number of nitrogens with zero attached hydrogens (tertiary/aromatic N) is 1. The van der Waals surface area contributed by atoms with Crippen LogP contribution in [0, 0.1) is 0 Å². The lowest BCUT2D eigenvalue weighted by atomic mass is 10.0. The first-order chi connectivity index (χ1) is 9.83. The number of alkyl halides is 3. The summed E-state index contributed by atoms with van der Waals surface area (Å²) in [5.74, 6) is -0.794. The van der Waals surface area contributed by atoms with Gasteiger partial charge in [-0.1, -0.05) is 30.3 Å². The fraction of sp³-hybridized carbons (Fsp3) is 0.500. The molecule has 0 spiro atoms. The predicted octanol–water partition coefficient (Wildman–Crippen LogP) is 1.33. The first-order valence-corrected chi connectivity index (χ1v) is 6.59. The van der Waals surface area contributed by atoms with E-state index in [1.807, 2.05) is 30.3 Å². The van der Waals surface area contributed by atoms with Gasteiger partial charge in [0, 0.05) is 6.54 Å². The second-order valence-corrected chi connectivity index (χ2v) is 4.73. The van der Waals surface area contributed by atoms with Crippen molar-refractivity contribution in [1.82, 2.24) is 4.90 Å². The topological polar surface area (TPSA) is 66.6 Å². The van der Waals surface area contributed by atoms with E-state index in [0.717, 1.165) is 5.56 Å². The summed E-state index contributed by atoms with van der Waals surface area (Å²) < 4.78 is 37.2. The zero-order valence-corrected chi connectivity index (χ0v) is 11.5.